The third kappa shape index (κ3) is 3.08. The van der Waals surface area contributed by atoms with Gasteiger partial charge in [0.25, 0.3) is 0 Å². The quantitative estimate of drug-likeness (QED) is 0.686. The molecule has 0 aromatic carbocycles. The zero-order chi connectivity index (χ0) is 17.4. The Morgan fingerprint density at radius 1 is 1.29 bits per heavy atom. The molecule has 4 heteroatoms. The molecule has 0 spiro atoms. The summed E-state index contributed by atoms with van der Waals surface area (Å²) in [5, 5.41) is 0. The number of carbonyl (C=O) groups is 1. The standard InChI is InChI=1S/C20H31N3O/c1-5-18-21-16(2)17(23(18)4)6-12-22(3)13-11-19-7-9-20(14-19,15-24)10-8-19/h5,15H,1,6-14H2,2-4H3. The maximum atomic E-state index is 11.4. The van der Waals surface area contributed by atoms with E-state index in [4.69, 9.17) is 0 Å². The van der Waals surface area contributed by atoms with E-state index in [1.807, 2.05) is 6.08 Å². The molecular weight excluding hydrogens is 298 g/mol. The summed E-state index contributed by atoms with van der Waals surface area (Å²) in [5.41, 5.74) is 2.91. The van der Waals surface area contributed by atoms with Crippen LogP contribution in [0, 0.1) is 17.8 Å². The Bertz CT molecular complexity index is 623. The minimum Gasteiger partial charge on any atom is -0.331 e. The molecule has 2 bridgehead atoms. The molecule has 0 N–H and O–H groups in total. The molecule has 0 aliphatic heterocycles. The van der Waals surface area contributed by atoms with Crippen molar-refractivity contribution in [3.63, 3.8) is 0 Å². The zero-order valence-electron chi connectivity index (χ0n) is 15.5. The van der Waals surface area contributed by atoms with Crippen molar-refractivity contribution in [1.29, 1.82) is 0 Å². The van der Waals surface area contributed by atoms with Crippen molar-refractivity contribution in [2.45, 2.75) is 51.9 Å². The second kappa shape index (κ2) is 6.47. The van der Waals surface area contributed by atoms with Crippen LogP contribution < -0.4 is 0 Å². The molecule has 2 saturated carbocycles. The smallest absolute Gasteiger partial charge is 0.132 e. The highest BCUT2D eigenvalue weighted by Crippen LogP contribution is 2.62. The van der Waals surface area contributed by atoms with Gasteiger partial charge in [0.05, 0.1) is 5.69 Å². The van der Waals surface area contributed by atoms with Crippen LogP contribution in [-0.4, -0.2) is 40.9 Å². The molecule has 0 radical (unpaired) electrons. The van der Waals surface area contributed by atoms with Crippen LogP contribution in [0.5, 0.6) is 0 Å². The molecule has 0 saturated heterocycles. The van der Waals surface area contributed by atoms with Crippen LogP contribution in [0.15, 0.2) is 6.58 Å². The van der Waals surface area contributed by atoms with Crippen molar-refractivity contribution in [1.82, 2.24) is 14.5 Å². The van der Waals surface area contributed by atoms with E-state index in [0.717, 1.165) is 50.3 Å². The Balaban J connectivity index is 1.50. The number of aromatic nitrogens is 2. The fourth-order valence-corrected chi connectivity index (χ4v) is 4.94. The largest absolute Gasteiger partial charge is 0.331 e. The van der Waals surface area contributed by atoms with Crippen LogP contribution >= 0.6 is 0 Å². The molecule has 0 amide bonds. The van der Waals surface area contributed by atoms with Crippen LogP contribution in [-0.2, 0) is 18.3 Å². The third-order valence-corrected chi connectivity index (χ3v) is 6.67. The summed E-state index contributed by atoms with van der Waals surface area (Å²) in [6.07, 6.45) is 11.2. The summed E-state index contributed by atoms with van der Waals surface area (Å²) < 4.78 is 2.15. The number of nitrogens with zero attached hydrogens (tertiary/aromatic N) is 3. The van der Waals surface area contributed by atoms with E-state index < -0.39 is 0 Å². The summed E-state index contributed by atoms with van der Waals surface area (Å²) in [4.78, 5) is 18.4. The zero-order valence-corrected chi connectivity index (χ0v) is 15.5. The topological polar surface area (TPSA) is 38.1 Å². The first-order valence-corrected chi connectivity index (χ1v) is 9.22. The van der Waals surface area contributed by atoms with E-state index in [9.17, 15) is 4.79 Å². The van der Waals surface area contributed by atoms with Crippen molar-refractivity contribution in [3.05, 3.63) is 23.8 Å². The van der Waals surface area contributed by atoms with E-state index in [-0.39, 0.29) is 5.41 Å². The number of aldehydes is 1. The lowest BCUT2D eigenvalue weighted by molar-refractivity contribution is -0.115. The van der Waals surface area contributed by atoms with Gasteiger partial charge in [0, 0.05) is 31.1 Å². The minimum atomic E-state index is 0.0471. The van der Waals surface area contributed by atoms with Gasteiger partial charge in [-0.2, -0.15) is 0 Å². The normalized spacial score (nSPS) is 28.7. The molecule has 0 unspecified atom stereocenters. The van der Waals surface area contributed by atoms with Gasteiger partial charge in [0.15, 0.2) is 0 Å². The molecule has 0 atom stereocenters. The second-order valence-electron chi connectivity index (χ2n) is 8.23. The van der Waals surface area contributed by atoms with Crippen LogP contribution in [0.3, 0.4) is 0 Å². The Kier molecular flexibility index (Phi) is 4.69. The molecule has 2 aliphatic rings. The molecule has 1 aromatic heterocycles. The van der Waals surface area contributed by atoms with Crippen LogP contribution in [0.4, 0.5) is 0 Å². The van der Waals surface area contributed by atoms with Gasteiger partial charge < -0.3 is 14.3 Å². The van der Waals surface area contributed by atoms with Crippen LogP contribution in [0.1, 0.15) is 55.7 Å². The van der Waals surface area contributed by atoms with Crippen LogP contribution in [0.25, 0.3) is 6.08 Å². The third-order valence-electron chi connectivity index (χ3n) is 6.67. The highest BCUT2D eigenvalue weighted by molar-refractivity contribution is 5.61. The Hall–Kier alpha value is -1.42. The van der Waals surface area contributed by atoms with Gasteiger partial charge in [0.2, 0.25) is 0 Å². The summed E-state index contributed by atoms with van der Waals surface area (Å²) in [6, 6.07) is 0. The summed E-state index contributed by atoms with van der Waals surface area (Å²) >= 11 is 0. The molecule has 1 aromatic rings. The first-order chi connectivity index (χ1) is 11.4. The molecule has 4 nitrogen and oxygen atoms in total. The number of likely N-dealkylation sites (N-methyl/N-ethyl adjacent to an activating group) is 1. The molecule has 2 fully saturated rings. The van der Waals surface area contributed by atoms with Gasteiger partial charge in [-0.1, -0.05) is 6.58 Å². The number of fused-ring (bicyclic) bond motifs is 2. The average molecular weight is 329 g/mol. The fraction of sp³-hybridized carbons (Fsp3) is 0.700. The minimum absolute atomic E-state index is 0.0471. The maximum absolute atomic E-state index is 11.4. The maximum Gasteiger partial charge on any atom is 0.132 e. The summed E-state index contributed by atoms with van der Waals surface area (Å²) in [5.74, 6) is 0.950. The van der Waals surface area contributed by atoms with Crippen molar-refractivity contribution < 1.29 is 4.79 Å². The summed E-state index contributed by atoms with van der Waals surface area (Å²) in [7, 11) is 4.29. The van der Waals surface area contributed by atoms with Gasteiger partial charge in [-0.25, -0.2) is 4.98 Å². The highest BCUT2D eigenvalue weighted by atomic mass is 16.1. The SMILES string of the molecule is C=Cc1nc(C)c(CCN(C)CCC23CCC(C=O)(CC2)C3)n1C. The van der Waals surface area contributed by atoms with E-state index in [2.05, 4.69) is 42.0 Å². The van der Waals surface area contributed by atoms with Gasteiger partial charge in [-0.3, -0.25) is 0 Å². The first-order valence-electron chi connectivity index (χ1n) is 9.22. The molecule has 1 heterocycles. The van der Waals surface area contributed by atoms with Crippen molar-refractivity contribution in [2.24, 2.45) is 17.9 Å². The number of hydrogen-bond acceptors (Lipinski definition) is 3. The van der Waals surface area contributed by atoms with E-state index in [0.29, 0.717) is 5.41 Å². The average Bonchev–Trinajstić information content (AvgIpc) is 3.22. The van der Waals surface area contributed by atoms with Crippen molar-refractivity contribution in [3.8, 4) is 0 Å². The second-order valence-corrected chi connectivity index (χ2v) is 8.23. The van der Waals surface area contributed by atoms with E-state index >= 15 is 0 Å². The Morgan fingerprint density at radius 2 is 2.00 bits per heavy atom. The predicted molar refractivity (Wildman–Crippen MR) is 97.9 cm³/mol. The Labute approximate surface area is 145 Å². The van der Waals surface area contributed by atoms with Gasteiger partial charge in [-0.05, 0) is 70.5 Å². The number of hydrogen-bond donors (Lipinski definition) is 0. The molecule has 24 heavy (non-hydrogen) atoms. The van der Waals surface area contributed by atoms with E-state index in [1.165, 1.54) is 31.2 Å². The van der Waals surface area contributed by atoms with Gasteiger partial charge >= 0.3 is 0 Å². The fourth-order valence-electron chi connectivity index (χ4n) is 4.94. The number of imidazole rings is 1. The van der Waals surface area contributed by atoms with E-state index in [1.54, 1.807) is 0 Å². The van der Waals surface area contributed by atoms with Gasteiger partial charge in [-0.15, -0.1) is 0 Å². The van der Waals surface area contributed by atoms with Crippen LogP contribution in [0.2, 0.25) is 0 Å². The lowest BCUT2D eigenvalue weighted by Crippen LogP contribution is -2.28. The first kappa shape index (κ1) is 17.4. The number of carbonyl (C=O) groups excluding carboxylic acids is 1. The number of aryl methyl sites for hydroxylation is 1. The lowest BCUT2D eigenvalue weighted by atomic mass is 9.80. The predicted octanol–water partition coefficient (Wildman–Crippen LogP) is 3.39. The van der Waals surface area contributed by atoms with Crippen molar-refractivity contribution >= 4 is 12.4 Å². The number of rotatable bonds is 8. The highest BCUT2D eigenvalue weighted by Gasteiger charge is 2.53. The van der Waals surface area contributed by atoms with Crippen molar-refractivity contribution in [2.75, 3.05) is 20.1 Å². The Morgan fingerprint density at radius 3 is 2.54 bits per heavy atom. The molecule has 132 valence electrons. The summed E-state index contributed by atoms with van der Waals surface area (Å²) in [6.45, 7) is 8.08. The monoisotopic (exact) mass is 329 g/mol. The molecular formula is C20H31N3O. The molecule has 2 aliphatic carbocycles. The molecule has 3 rings (SSSR count). The van der Waals surface area contributed by atoms with Gasteiger partial charge in [0.1, 0.15) is 12.1 Å². The lowest BCUT2D eigenvalue weighted by Gasteiger charge is -2.29.